The van der Waals surface area contributed by atoms with E-state index in [1.807, 2.05) is 60.7 Å². The normalized spacial score (nSPS) is 11.0. The molecule has 0 unspecified atom stereocenters. The summed E-state index contributed by atoms with van der Waals surface area (Å²) in [5.41, 5.74) is 1.41. The second kappa shape index (κ2) is 5.25. The van der Waals surface area contributed by atoms with Gasteiger partial charge in [0.2, 0.25) is 0 Å². The number of benzene rings is 3. The molecule has 23 heavy (non-hydrogen) atoms. The third-order valence-corrected chi connectivity index (χ3v) is 3.96. The molecule has 4 rings (SSSR count). The van der Waals surface area contributed by atoms with Gasteiger partial charge in [-0.15, -0.1) is 0 Å². The van der Waals surface area contributed by atoms with Gasteiger partial charge >= 0.3 is 0 Å². The molecular formula is C19H14N2O2. The Morgan fingerprint density at radius 2 is 1.74 bits per heavy atom. The number of rotatable bonds is 2. The van der Waals surface area contributed by atoms with Crippen molar-refractivity contribution in [1.29, 1.82) is 0 Å². The molecular weight excluding hydrogens is 288 g/mol. The van der Waals surface area contributed by atoms with E-state index in [-0.39, 0.29) is 5.56 Å². The Morgan fingerprint density at radius 1 is 0.957 bits per heavy atom. The number of aromatic nitrogens is 2. The first kappa shape index (κ1) is 13.5. The van der Waals surface area contributed by atoms with Gasteiger partial charge in [-0.2, -0.15) is 0 Å². The van der Waals surface area contributed by atoms with Gasteiger partial charge in [0, 0.05) is 5.56 Å². The number of ether oxygens (including phenoxy) is 1. The predicted molar refractivity (Wildman–Crippen MR) is 91.9 cm³/mol. The maximum absolute atomic E-state index is 12.6. The highest BCUT2D eigenvalue weighted by molar-refractivity contribution is 6.05. The molecule has 0 bridgehead atoms. The smallest absolute Gasteiger partial charge is 0.259 e. The van der Waals surface area contributed by atoms with Gasteiger partial charge < -0.3 is 9.72 Å². The summed E-state index contributed by atoms with van der Waals surface area (Å²) in [6, 6.07) is 19.2. The molecule has 0 aliphatic rings. The standard InChI is InChI=1S/C19H14N2O2/c1-23-14-9-6-13(7-10-14)18-20-16-11-8-12-4-2-3-5-15(12)17(16)19(22)21-18/h2-11H,1H3,(H,20,21,22). The van der Waals surface area contributed by atoms with Crippen LogP contribution in [-0.2, 0) is 0 Å². The second-order valence-corrected chi connectivity index (χ2v) is 5.32. The van der Waals surface area contributed by atoms with E-state index in [2.05, 4.69) is 9.97 Å². The molecule has 4 heteroatoms. The molecule has 0 fully saturated rings. The summed E-state index contributed by atoms with van der Waals surface area (Å²) in [7, 11) is 1.62. The Bertz CT molecular complexity index is 1070. The van der Waals surface area contributed by atoms with Crippen molar-refractivity contribution in [3.8, 4) is 17.1 Å². The molecule has 3 aromatic carbocycles. The average molecular weight is 302 g/mol. The van der Waals surface area contributed by atoms with E-state index < -0.39 is 0 Å². The number of fused-ring (bicyclic) bond motifs is 3. The van der Waals surface area contributed by atoms with Crippen LogP contribution in [0.1, 0.15) is 0 Å². The fraction of sp³-hybridized carbons (Fsp3) is 0.0526. The van der Waals surface area contributed by atoms with Crippen molar-refractivity contribution in [3.05, 3.63) is 71.0 Å². The lowest BCUT2D eigenvalue weighted by molar-refractivity contribution is 0.415. The van der Waals surface area contributed by atoms with Gasteiger partial charge in [0.1, 0.15) is 11.6 Å². The van der Waals surface area contributed by atoms with E-state index in [1.54, 1.807) is 7.11 Å². The van der Waals surface area contributed by atoms with Gasteiger partial charge in [-0.1, -0.05) is 30.3 Å². The first-order valence-electron chi connectivity index (χ1n) is 7.32. The zero-order valence-corrected chi connectivity index (χ0v) is 12.5. The number of nitrogens with zero attached hydrogens (tertiary/aromatic N) is 1. The van der Waals surface area contributed by atoms with Crippen LogP contribution in [-0.4, -0.2) is 17.1 Å². The Kier molecular flexibility index (Phi) is 3.08. The monoisotopic (exact) mass is 302 g/mol. The van der Waals surface area contributed by atoms with Gasteiger partial charge in [0.25, 0.3) is 5.56 Å². The highest BCUT2D eigenvalue weighted by atomic mass is 16.5. The van der Waals surface area contributed by atoms with Crippen molar-refractivity contribution < 1.29 is 4.74 Å². The van der Waals surface area contributed by atoms with Gasteiger partial charge in [-0.3, -0.25) is 4.79 Å². The summed E-state index contributed by atoms with van der Waals surface area (Å²) in [6.45, 7) is 0. The molecule has 0 amide bonds. The van der Waals surface area contributed by atoms with E-state index in [0.717, 1.165) is 22.1 Å². The molecule has 4 aromatic rings. The first-order valence-corrected chi connectivity index (χ1v) is 7.32. The fourth-order valence-corrected chi connectivity index (χ4v) is 2.80. The van der Waals surface area contributed by atoms with E-state index in [1.165, 1.54) is 0 Å². The Hall–Kier alpha value is -3.14. The van der Waals surface area contributed by atoms with Crippen molar-refractivity contribution in [3.63, 3.8) is 0 Å². The Balaban J connectivity index is 1.96. The molecule has 0 aliphatic carbocycles. The molecule has 1 aromatic heterocycles. The quantitative estimate of drug-likeness (QED) is 0.574. The first-order chi connectivity index (χ1) is 11.3. The van der Waals surface area contributed by atoms with Crippen molar-refractivity contribution in [1.82, 2.24) is 9.97 Å². The molecule has 0 radical (unpaired) electrons. The third-order valence-electron chi connectivity index (χ3n) is 3.96. The number of nitrogens with one attached hydrogen (secondary N) is 1. The molecule has 112 valence electrons. The molecule has 0 saturated heterocycles. The largest absolute Gasteiger partial charge is 0.497 e. The van der Waals surface area contributed by atoms with Crippen LogP contribution in [0, 0.1) is 0 Å². The van der Waals surface area contributed by atoms with E-state index >= 15 is 0 Å². The zero-order valence-electron chi connectivity index (χ0n) is 12.5. The number of methoxy groups -OCH3 is 1. The van der Waals surface area contributed by atoms with Crippen LogP contribution in [0.3, 0.4) is 0 Å². The summed E-state index contributed by atoms with van der Waals surface area (Å²) in [6.07, 6.45) is 0. The minimum absolute atomic E-state index is 0.127. The summed E-state index contributed by atoms with van der Waals surface area (Å²) in [5.74, 6) is 1.32. The molecule has 0 saturated carbocycles. The molecule has 1 N–H and O–H groups in total. The van der Waals surface area contributed by atoms with Gasteiger partial charge in [0.05, 0.1) is 18.0 Å². The van der Waals surface area contributed by atoms with Crippen LogP contribution in [0.4, 0.5) is 0 Å². The zero-order chi connectivity index (χ0) is 15.8. The minimum atomic E-state index is -0.127. The number of aromatic amines is 1. The lowest BCUT2D eigenvalue weighted by Gasteiger charge is -2.06. The van der Waals surface area contributed by atoms with Crippen LogP contribution < -0.4 is 10.3 Å². The van der Waals surface area contributed by atoms with Crippen LogP contribution in [0.15, 0.2) is 65.5 Å². The van der Waals surface area contributed by atoms with E-state index in [0.29, 0.717) is 16.7 Å². The predicted octanol–water partition coefficient (Wildman–Crippen LogP) is 3.75. The highest BCUT2D eigenvalue weighted by Gasteiger charge is 2.09. The molecule has 4 nitrogen and oxygen atoms in total. The molecule has 0 spiro atoms. The topological polar surface area (TPSA) is 55.0 Å². The lowest BCUT2D eigenvalue weighted by Crippen LogP contribution is -2.10. The van der Waals surface area contributed by atoms with Crippen LogP contribution in [0.5, 0.6) is 5.75 Å². The summed E-state index contributed by atoms with van der Waals surface area (Å²) >= 11 is 0. The maximum Gasteiger partial charge on any atom is 0.259 e. The fourth-order valence-electron chi connectivity index (χ4n) is 2.80. The van der Waals surface area contributed by atoms with Crippen molar-refractivity contribution in [2.45, 2.75) is 0 Å². The van der Waals surface area contributed by atoms with E-state index in [4.69, 9.17) is 4.74 Å². The number of hydrogen-bond acceptors (Lipinski definition) is 3. The average Bonchev–Trinajstić information content (AvgIpc) is 2.61. The van der Waals surface area contributed by atoms with Crippen molar-refractivity contribution >= 4 is 21.7 Å². The molecule has 1 heterocycles. The maximum atomic E-state index is 12.6. The Labute approximate surface area is 132 Å². The summed E-state index contributed by atoms with van der Waals surface area (Å²) in [5, 5.41) is 2.57. The van der Waals surface area contributed by atoms with Crippen LogP contribution >= 0.6 is 0 Å². The van der Waals surface area contributed by atoms with Crippen LogP contribution in [0.25, 0.3) is 33.1 Å². The van der Waals surface area contributed by atoms with Crippen LogP contribution in [0.2, 0.25) is 0 Å². The molecule has 0 aliphatic heterocycles. The van der Waals surface area contributed by atoms with Gasteiger partial charge in [0.15, 0.2) is 0 Å². The number of hydrogen-bond donors (Lipinski definition) is 1. The third kappa shape index (κ3) is 2.25. The minimum Gasteiger partial charge on any atom is -0.497 e. The summed E-state index contributed by atoms with van der Waals surface area (Å²) < 4.78 is 5.15. The molecule has 0 atom stereocenters. The Morgan fingerprint density at radius 3 is 2.52 bits per heavy atom. The van der Waals surface area contributed by atoms with Gasteiger partial charge in [-0.25, -0.2) is 4.98 Å². The van der Waals surface area contributed by atoms with Crippen molar-refractivity contribution in [2.24, 2.45) is 0 Å². The van der Waals surface area contributed by atoms with Gasteiger partial charge in [-0.05, 0) is 41.1 Å². The SMILES string of the molecule is COc1ccc(-c2nc3ccc4ccccc4c3c(=O)[nH]2)cc1. The summed E-state index contributed by atoms with van der Waals surface area (Å²) in [4.78, 5) is 20.1. The number of H-pyrrole nitrogens is 1. The van der Waals surface area contributed by atoms with E-state index in [9.17, 15) is 4.79 Å². The second-order valence-electron chi connectivity index (χ2n) is 5.32. The van der Waals surface area contributed by atoms with Crippen molar-refractivity contribution in [2.75, 3.05) is 7.11 Å². The highest BCUT2D eigenvalue weighted by Crippen LogP contribution is 2.24. The lowest BCUT2D eigenvalue weighted by atomic mass is 10.1.